The zero-order valence-electron chi connectivity index (χ0n) is 16.7. The summed E-state index contributed by atoms with van der Waals surface area (Å²) in [6.07, 6.45) is 10.1. The summed E-state index contributed by atoms with van der Waals surface area (Å²) in [5.41, 5.74) is 4.10. The molecule has 6 heteroatoms. The lowest BCUT2D eigenvalue weighted by Crippen LogP contribution is -2.60. The smallest absolute Gasteiger partial charge is 0.272 e. The van der Waals surface area contributed by atoms with Gasteiger partial charge in [0.25, 0.3) is 5.91 Å². The highest BCUT2D eigenvalue weighted by Crippen LogP contribution is 2.45. The zero-order chi connectivity index (χ0) is 19.4. The Morgan fingerprint density at radius 3 is 3.10 bits per heavy atom. The van der Waals surface area contributed by atoms with Crippen molar-refractivity contribution in [2.45, 2.75) is 50.6 Å². The minimum absolute atomic E-state index is 0.119. The van der Waals surface area contributed by atoms with E-state index in [1.54, 1.807) is 11.3 Å². The van der Waals surface area contributed by atoms with Crippen LogP contribution in [0.2, 0.25) is 0 Å². The van der Waals surface area contributed by atoms with Crippen LogP contribution in [0.5, 0.6) is 0 Å². The standard InChI is InChI=1S/C23H28N4OS/c28-23(20-12-19(24-25-20)16-6-9-29-14-16)27-8-3-4-15-10-17-11-18(22(15)27)13-26-7-2-1-5-21(17)26/h6,9-10,12,14,17-18,21-22H,1-5,7-8,11,13H2,(H,24,25)/t17-,18-,21?,22?/m0/s1. The molecule has 2 unspecified atom stereocenters. The van der Waals surface area contributed by atoms with Crippen LogP contribution < -0.4 is 0 Å². The SMILES string of the molecule is O=C(c1cc(-c2ccsc2)n[nH]1)N1CCCC2=C[C@H]3C[C@@H](CN4CCCCC34)C21. The molecule has 0 saturated carbocycles. The summed E-state index contributed by atoms with van der Waals surface area (Å²) < 4.78 is 0. The summed E-state index contributed by atoms with van der Waals surface area (Å²) >= 11 is 1.65. The summed E-state index contributed by atoms with van der Waals surface area (Å²) in [5.74, 6) is 1.40. The number of hydrogen-bond donors (Lipinski definition) is 1. The lowest BCUT2D eigenvalue weighted by atomic mass is 9.68. The average molecular weight is 409 g/mol. The number of likely N-dealkylation sites (tertiary alicyclic amines) is 1. The maximum Gasteiger partial charge on any atom is 0.272 e. The molecule has 4 atom stereocenters. The monoisotopic (exact) mass is 408 g/mol. The fraction of sp³-hybridized carbons (Fsp3) is 0.565. The highest BCUT2D eigenvalue weighted by Gasteiger charge is 2.47. The molecule has 3 fully saturated rings. The number of rotatable bonds is 2. The van der Waals surface area contributed by atoms with Crippen molar-refractivity contribution in [1.29, 1.82) is 0 Å². The molecule has 2 aromatic heterocycles. The first kappa shape index (κ1) is 17.9. The maximum atomic E-state index is 13.5. The van der Waals surface area contributed by atoms with Crippen molar-refractivity contribution in [3.63, 3.8) is 0 Å². The van der Waals surface area contributed by atoms with E-state index in [-0.39, 0.29) is 11.9 Å². The number of H-pyrrole nitrogens is 1. The number of piperidine rings is 3. The molecule has 0 radical (unpaired) electrons. The topological polar surface area (TPSA) is 52.2 Å². The third-order valence-electron chi connectivity index (χ3n) is 7.54. The van der Waals surface area contributed by atoms with Crippen molar-refractivity contribution in [2.75, 3.05) is 19.6 Å². The van der Waals surface area contributed by atoms with Gasteiger partial charge in [0.1, 0.15) is 5.69 Å². The molecule has 29 heavy (non-hydrogen) atoms. The Kier molecular flexibility index (Phi) is 4.38. The van der Waals surface area contributed by atoms with Gasteiger partial charge >= 0.3 is 0 Å². The van der Waals surface area contributed by atoms with E-state index in [1.807, 2.05) is 11.4 Å². The van der Waals surface area contributed by atoms with Crippen molar-refractivity contribution in [3.8, 4) is 11.3 Å². The molecule has 0 aromatic carbocycles. The molecule has 6 rings (SSSR count). The van der Waals surface area contributed by atoms with Gasteiger partial charge in [-0.15, -0.1) is 0 Å². The van der Waals surface area contributed by atoms with Gasteiger partial charge in [-0.2, -0.15) is 16.4 Å². The normalized spacial score (nSPS) is 31.7. The lowest BCUT2D eigenvalue weighted by molar-refractivity contribution is 0.00131. The van der Waals surface area contributed by atoms with E-state index >= 15 is 0 Å². The van der Waals surface area contributed by atoms with Crippen molar-refractivity contribution < 1.29 is 4.79 Å². The number of aromatic nitrogens is 2. The lowest BCUT2D eigenvalue weighted by Gasteiger charge is -2.54. The van der Waals surface area contributed by atoms with Crippen LogP contribution in [0.1, 0.15) is 49.0 Å². The van der Waals surface area contributed by atoms with Gasteiger partial charge in [-0.1, -0.05) is 18.1 Å². The first-order valence-electron chi connectivity index (χ1n) is 11.1. The molecule has 1 N–H and O–H groups in total. The summed E-state index contributed by atoms with van der Waals surface area (Å²) in [7, 11) is 0. The molecule has 0 spiro atoms. The number of nitrogens with zero attached hydrogens (tertiary/aromatic N) is 3. The molecular weight excluding hydrogens is 380 g/mol. The summed E-state index contributed by atoms with van der Waals surface area (Å²) in [5, 5.41) is 11.5. The van der Waals surface area contributed by atoms with E-state index in [0.29, 0.717) is 17.5 Å². The Bertz CT molecular complexity index is 933. The fourth-order valence-corrected chi connectivity index (χ4v) is 6.99. The van der Waals surface area contributed by atoms with Crippen LogP contribution in [-0.2, 0) is 0 Å². The van der Waals surface area contributed by atoms with Gasteiger partial charge in [-0.05, 0) is 68.0 Å². The van der Waals surface area contributed by atoms with Crippen LogP contribution >= 0.6 is 11.3 Å². The van der Waals surface area contributed by atoms with Crippen LogP contribution in [0, 0.1) is 11.8 Å². The van der Waals surface area contributed by atoms with Gasteiger partial charge in [0.05, 0.1) is 11.7 Å². The number of thiophene rings is 1. The second kappa shape index (κ2) is 7.10. The van der Waals surface area contributed by atoms with Gasteiger partial charge in [0.2, 0.25) is 0 Å². The first-order valence-corrected chi connectivity index (χ1v) is 12.1. The van der Waals surface area contributed by atoms with Crippen molar-refractivity contribution in [3.05, 3.63) is 40.2 Å². The third kappa shape index (κ3) is 2.99. The molecule has 3 saturated heterocycles. The van der Waals surface area contributed by atoms with Crippen LogP contribution in [0.4, 0.5) is 0 Å². The number of carbonyl (C=O) groups is 1. The molecule has 1 amide bonds. The van der Waals surface area contributed by atoms with Gasteiger partial charge in [-0.3, -0.25) is 14.8 Å². The Balaban J connectivity index is 1.29. The van der Waals surface area contributed by atoms with E-state index < -0.39 is 0 Å². The molecule has 4 aliphatic rings. The average Bonchev–Trinajstić information content (AvgIpc) is 3.45. The van der Waals surface area contributed by atoms with Crippen LogP contribution in [0.15, 0.2) is 34.5 Å². The number of carbonyl (C=O) groups excluding carboxylic acids is 1. The third-order valence-corrected chi connectivity index (χ3v) is 8.23. The second-order valence-corrected chi connectivity index (χ2v) is 9.97. The number of fused-ring (bicyclic) bond motifs is 6. The Hall–Kier alpha value is -1.92. The Labute approximate surface area is 175 Å². The summed E-state index contributed by atoms with van der Waals surface area (Å²) in [6, 6.07) is 5.01. The first-order chi connectivity index (χ1) is 14.3. The van der Waals surface area contributed by atoms with Crippen LogP contribution in [0.25, 0.3) is 11.3 Å². The summed E-state index contributed by atoms with van der Waals surface area (Å²) in [6.45, 7) is 3.26. The van der Waals surface area contributed by atoms with Gasteiger partial charge in [0, 0.05) is 30.1 Å². The number of amides is 1. The van der Waals surface area contributed by atoms with Crippen LogP contribution in [0.3, 0.4) is 0 Å². The fourth-order valence-electron chi connectivity index (χ4n) is 6.35. The van der Waals surface area contributed by atoms with E-state index in [1.165, 1.54) is 37.8 Å². The molecule has 5 heterocycles. The quantitative estimate of drug-likeness (QED) is 0.759. The summed E-state index contributed by atoms with van der Waals surface area (Å²) in [4.78, 5) is 18.4. The molecule has 152 valence electrons. The van der Waals surface area contributed by atoms with Crippen molar-refractivity contribution in [1.82, 2.24) is 20.0 Å². The number of nitrogens with one attached hydrogen (secondary N) is 1. The second-order valence-electron chi connectivity index (χ2n) is 9.19. The Morgan fingerprint density at radius 1 is 1.24 bits per heavy atom. The predicted molar refractivity (Wildman–Crippen MR) is 115 cm³/mol. The van der Waals surface area contributed by atoms with Crippen molar-refractivity contribution in [2.24, 2.45) is 11.8 Å². The molecular formula is C23H28N4OS. The molecule has 2 bridgehead atoms. The van der Waals surface area contributed by atoms with Gasteiger partial charge in [-0.25, -0.2) is 0 Å². The zero-order valence-corrected chi connectivity index (χ0v) is 17.5. The maximum absolute atomic E-state index is 13.5. The molecule has 5 nitrogen and oxygen atoms in total. The largest absolute Gasteiger partial charge is 0.330 e. The predicted octanol–water partition coefficient (Wildman–Crippen LogP) is 4.17. The van der Waals surface area contributed by atoms with E-state index in [2.05, 4.69) is 37.5 Å². The molecule has 1 aliphatic carbocycles. The van der Waals surface area contributed by atoms with E-state index in [4.69, 9.17) is 0 Å². The Morgan fingerprint density at radius 2 is 2.21 bits per heavy atom. The van der Waals surface area contributed by atoms with Crippen molar-refractivity contribution >= 4 is 17.2 Å². The van der Waals surface area contributed by atoms with Gasteiger partial charge in [0.15, 0.2) is 0 Å². The van der Waals surface area contributed by atoms with E-state index in [0.717, 1.165) is 43.2 Å². The minimum atomic E-state index is 0.119. The van der Waals surface area contributed by atoms with Gasteiger partial charge < -0.3 is 4.90 Å². The molecule has 2 aromatic rings. The number of hydrogen-bond acceptors (Lipinski definition) is 4. The molecule has 3 aliphatic heterocycles. The van der Waals surface area contributed by atoms with Crippen LogP contribution in [-0.4, -0.2) is 57.6 Å². The number of aromatic amines is 1. The van der Waals surface area contributed by atoms with E-state index in [9.17, 15) is 4.79 Å². The highest BCUT2D eigenvalue weighted by atomic mass is 32.1. The minimum Gasteiger partial charge on any atom is -0.330 e. The highest BCUT2D eigenvalue weighted by molar-refractivity contribution is 7.08.